The number of rotatable bonds is 3. The lowest BCUT2D eigenvalue weighted by Crippen LogP contribution is -2.23. The molecule has 1 heterocycles. The van der Waals surface area contributed by atoms with Crippen LogP contribution in [-0.4, -0.2) is 11.5 Å². The molecule has 2 unspecified atom stereocenters. The molecule has 0 aromatic rings. The van der Waals surface area contributed by atoms with Gasteiger partial charge in [-0.25, -0.2) is 0 Å². The van der Waals surface area contributed by atoms with Gasteiger partial charge in [0.15, 0.2) is 0 Å². The molecule has 0 bridgehead atoms. The van der Waals surface area contributed by atoms with Crippen LogP contribution in [0.1, 0.15) is 6.92 Å². The Hall–Kier alpha value is -1.43. The molecule has 1 aliphatic rings. The first-order valence-electron chi connectivity index (χ1n) is 3.94. The summed E-state index contributed by atoms with van der Waals surface area (Å²) in [6.45, 7) is 1.65. The molecule has 0 radical (unpaired) electrons. The summed E-state index contributed by atoms with van der Waals surface area (Å²) in [6.07, 6.45) is 3.20. The van der Waals surface area contributed by atoms with Gasteiger partial charge in [0.25, 0.3) is 0 Å². The van der Waals surface area contributed by atoms with Crippen molar-refractivity contribution in [2.45, 2.75) is 18.5 Å². The van der Waals surface area contributed by atoms with Gasteiger partial charge >= 0.3 is 0 Å². The van der Waals surface area contributed by atoms with Gasteiger partial charge < -0.3 is 11.2 Å². The molecule has 1 aliphatic heterocycles. The highest BCUT2D eigenvalue weighted by atomic mass is 35.5. The van der Waals surface area contributed by atoms with Gasteiger partial charge in [0, 0.05) is 11.8 Å². The van der Waals surface area contributed by atoms with E-state index < -0.39 is 6.04 Å². The average Bonchev–Trinajstić information content (AvgIpc) is 2.20. The zero-order valence-electron chi connectivity index (χ0n) is 7.51. The van der Waals surface area contributed by atoms with Crippen LogP contribution < -0.4 is 11.2 Å². The van der Waals surface area contributed by atoms with Crippen molar-refractivity contribution in [2.24, 2.45) is 21.4 Å². The molecule has 1 rings (SSSR count). The van der Waals surface area contributed by atoms with Crippen LogP contribution in [-0.2, 0) is 0 Å². The van der Waals surface area contributed by atoms with Crippen LogP contribution in [0.15, 0.2) is 39.1 Å². The second-order valence-electron chi connectivity index (χ2n) is 2.72. The molecule has 0 fully saturated rings. The molecule has 2 atom stereocenters. The summed E-state index contributed by atoms with van der Waals surface area (Å²) < 4.78 is 0. The van der Waals surface area contributed by atoms with Crippen LogP contribution in [0.2, 0.25) is 0 Å². The molecule has 3 N–H and O–H groups in total. The van der Waals surface area contributed by atoms with E-state index in [0.29, 0.717) is 11.3 Å². The molecule has 0 amide bonds. The lowest BCUT2D eigenvalue weighted by Gasteiger charge is -2.17. The van der Waals surface area contributed by atoms with Crippen molar-refractivity contribution < 1.29 is 0 Å². The Labute approximate surface area is 85.8 Å². The Morgan fingerprint density at radius 3 is 3.00 bits per heavy atom. The second-order valence-corrected chi connectivity index (χ2v) is 3.19. The molecule has 0 saturated carbocycles. The zero-order valence-corrected chi connectivity index (χ0v) is 8.27. The summed E-state index contributed by atoms with van der Waals surface area (Å²) in [5, 5.41) is 12.5. The Morgan fingerprint density at radius 1 is 1.71 bits per heavy atom. The summed E-state index contributed by atoms with van der Waals surface area (Å²) in [5.41, 5.74) is 0.718. The van der Waals surface area contributed by atoms with Crippen LogP contribution in [0, 0.1) is 4.91 Å². The first-order valence-corrected chi connectivity index (χ1v) is 4.38. The molecule has 0 spiro atoms. The van der Waals surface area contributed by atoms with Crippen LogP contribution in [0.25, 0.3) is 0 Å². The number of halogens is 1. The molecule has 6 nitrogen and oxygen atoms in total. The summed E-state index contributed by atoms with van der Waals surface area (Å²) >= 11 is 5.80. The largest absolute Gasteiger partial charge is 0.370 e. The maximum Gasteiger partial charge on any atom is 0.120 e. The number of nitrogens with one attached hydrogen (secondary N) is 1. The van der Waals surface area contributed by atoms with E-state index in [-0.39, 0.29) is 5.50 Å². The topological polar surface area (TPSA) is 92.2 Å². The van der Waals surface area contributed by atoms with Crippen LogP contribution >= 0.6 is 11.6 Å². The SMILES string of the molecule is CC(N=O)C1=CC(Cl)NC=C1N=NN. The first kappa shape index (κ1) is 10.6. The predicted molar refractivity (Wildman–Crippen MR) is 53.2 cm³/mol. The molecule has 0 aromatic carbocycles. The molecular formula is C7H10ClN5O. The number of alkyl halides is 1. The minimum atomic E-state index is -0.518. The third kappa shape index (κ3) is 2.29. The number of hydrogen-bond acceptors (Lipinski definition) is 5. The molecule has 0 aromatic heterocycles. The molecule has 7 heteroatoms. The van der Waals surface area contributed by atoms with Gasteiger partial charge in [0.2, 0.25) is 0 Å². The fourth-order valence-electron chi connectivity index (χ4n) is 1.09. The van der Waals surface area contributed by atoms with E-state index in [1.54, 1.807) is 19.2 Å². The smallest absolute Gasteiger partial charge is 0.120 e. The van der Waals surface area contributed by atoms with E-state index in [1.807, 2.05) is 0 Å². The van der Waals surface area contributed by atoms with Crippen molar-refractivity contribution in [1.29, 1.82) is 0 Å². The minimum Gasteiger partial charge on any atom is -0.370 e. The highest BCUT2D eigenvalue weighted by Gasteiger charge is 2.19. The fraction of sp³-hybridized carbons (Fsp3) is 0.429. The summed E-state index contributed by atoms with van der Waals surface area (Å²) in [7, 11) is 0. The van der Waals surface area contributed by atoms with E-state index in [1.165, 1.54) is 0 Å². The predicted octanol–water partition coefficient (Wildman–Crippen LogP) is 1.40. The fourth-order valence-corrected chi connectivity index (χ4v) is 1.29. The van der Waals surface area contributed by atoms with Gasteiger partial charge in [-0.05, 0) is 13.0 Å². The van der Waals surface area contributed by atoms with Crippen molar-refractivity contribution in [1.82, 2.24) is 5.32 Å². The molecular weight excluding hydrogens is 206 g/mol. The summed E-state index contributed by atoms with van der Waals surface area (Å²) in [6, 6.07) is -0.518. The van der Waals surface area contributed by atoms with Gasteiger partial charge in [0.05, 0.1) is 0 Å². The zero-order chi connectivity index (χ0) is 10.6. The third-order valence-electron chi connectivity index (χ3n) is 1.77. The minimum absolute atomic E-state index is 0.370. The number of nitrogens with zero attached hydrogens (tertiary/aromatic N) is 3. The molecule has 0 saturated heterocycles. The number of nitrogens with two attached hydrogens (primary N) is 1. The number of nitroso groups, excluding NO2 is 1. The Bertz CT molecular complexity index is 311. The number of hydrogen-bond donors (Lipinski definition) is 2. The van der Waals surface area contributed by atoms with Crippen molar-refractivity contribution in [3.63, 3.8) is 0 Å². The molecule has 0 aliphatic carbocycles. The average molecular weight is 216 g/mol. The van der Waals surface area contributed by atoms with E-state index in [4.69, 9.17) is 17.4 Å². The highest BCUT2D eigenvalue weighted by Crippen LogP contribution is 2.22. The number of dihydropyridines is 1. The lowest BCUT2D eigenvalue weighted by atomic mass is 10.0. The Balaban J connectivity index is 2.95. The van der Waals surface area contributed by atoms with Crippen LogP contribution in [0.4, 0.5) is 0 Å². The normalized spacial score (nSPS) is 23.7. The van der Waals surface area contributed by atoms with E-state index in [9.17, 15) is 4.91 Å². The van der Waals surface area contributed by atoms with Crippen LogP contribution in [0.3, 0.4) is 0 Å². The molecule has 14 heavy (non-hydrogen) atoms. The van der Waals surface area contributed by atoms with Crippen molar-refractivity contribution in [2.75, 3.05) is 0 Å². The maximum absolute atomic E-state index is 10.4. The Kier molecular flexibility index (Phi) is 3.58. The monoisotopic (exact) mass is 215 g/mol. The van der Waals surface area contributed by atoms with Gasteiger partial charge in [-0.15, -0.1) is 5.11 Å². The summed E-state index contributed by atoms with van der Waals surface area (Å²) in [4.78, 5) is 10.4. The van der Waals surface area contributed by atoms with E-state index in [2.05, 4.69) is 20.8 Å². The second kappa shape index (κ2) is 4.71. The first-order chi connectivity index (χ1) is 6.69. The quantitative estimate of drug-likeness (QED) is 0.186. The third-order valence-corrected chi connectivity index (χ3v) is 2.03. The molecule has 76 valence electrons. The summed E-state index contributed by atoms with van der Waals surface area (Å²) in [5.74, 6) is 4.92. The standard InChI is InChI=1S/C7H10ClN5O/c1-4(12-14)5-2-7(8)10-3-6(5)11-13-9/h2-4,7,10H,1H3,(H2,9,11). The van der Waals surface area contributed by atoms with Crippen molar-refractivity contribution in [3.05, 3.63) is 28.5 Å². The maximum atomic E-state index is 10.4. The van der Waals surface area contributed by atoms with Crippen molar-refractivity contribution in [3.8, 4) is 0 Å². The highest BCUT2D eigenvalue weighted by molar-refractivity contribution is 6.21. The van der Waals surface area contributed by atoms with E-state index in [0.717, 1.165) is 0 Å². The van der Waals surface area contributed by atoms with E-state index >= 15 is 0 Å². The Morgan fingerprint density at radius 2 is 2.43 bits per heavy atom. The van der Waals surface area contributed by atoms with Gasteiger partial charge in [-0.3, -0.25) is 0 Å². The van der Waals surface area contributed by atoms with Gasteiger partial charge in [-0.2, -0.15) is 4.91 Å². The van der Waals surface area contributed by atoms with Crippen LogP contribution in [0.5, 0.6) is 0 Å². The van der Waals surface area contributed by atoms with Gasteiger partial charge in [-0.1, -0.05) is 22.0 Å². The lowest BCUT2D eigenvalue weighted by molar-refractivity contribution is 0.781. The van der Waals surface area contributed by atoms with Gasteiger partial charge in [0.1, 0.15) is 17.2 Å². The van der Waals surface area contributed by atoms with Crippen molar-refractivity contribution >= 4 is 11.6 Å².